The van der Waals surface area contributed by atoms with E-state index in [0.29, 0.717) is 6.04 Å². The number of nitrogens with zero attached hydrogens (tertiary/aromatic N) is 1. The predicted octanol–water partition coefficient (Wildman–Crippen LogP) is 4.66. The lowest BCUT2D eigenvalue weighted by molar-refractivity contribution is 0.181. The number of hydrogen-bond acceptors (Lipinski definition) is 3. The van der Waals surface area contributed by atoms with Gasteiger partial charge >= 0.3 is 0 Å². The summed E-state index contributed by atoms with van der Waals surface area (Å²) in [6.07, 6.45) is 2.81. The number of rotatable bonds is 3. The Kier molecular flexibility index (Phi) is 5.19. The third-order valence-electron chi connectivity index (χ3n) is 5.44. The van der Waals surface area contributed by atoms with Crippen molar-refractivity contribution in [3.8, 4) is 22.6 Å². The fourth-order valence-electron chi connectivity index (χ4n) is 4.18. The molecule has 2 aromatic carbocycles. The van der Waals surface area contributed by atoms with Crippen molar-refractivity contribution in [3.63, 3.8) is 0 Å². The molecule has 0 aromatic heterocycles. The van der Waals surface area contributed by atoms with Gasteiger partial charge in [-0.25, -0.2) is 0 Å². The zero-order valence-corrected chi connectivity index (χ0v) is 15.8. The van der Waals surface area contributed by atoms with Gasteiger partial charge < -0.3 is 10.2 Å². The zero-order valence-electron chi connectivity index (χ0n) is 14.2. The Morgan fingerprint density at radius 3 is 2.76 bits per heavy atom. The van der Waals surface area contributed by atoms with Gasteiger partial charge in [-0.3, -0.25) is 4.90 Å². The Morgan fingerprint density at radius 1 is 1.20 bits per heavy atom. The van der Waals surface area contributed by atoms with Crippen LogP contribution in [0.2, 0.25) is 0 Å². The van der Waals surface area contributed by atoms with Gasteiger partial charge in [0.2, 0.25) is 0 Å². The summed E-state index contributed by atoms with van der Waals surface area (Å²) in [6, 6.07) is 10.1. The highest BCUT2D eigenvalue weighted by atomic mass is 35.5. The largest absolute Gasteiger partial charge is 0.504 e. The molecular weight excluding hydrogens is 357 g/mol. The smallest absolute Gasteiger partial charge is 0.165 e. The molecule has 0 saturated carbocycles. The summed E-state index contributed by atoms with van der Waals surface area (Å²) in [5.41, 5.74) is 5.60. The fraction of sp³-hybridized carbons (Fsp3) is 0.400. The van der Waals surface area contributed by atoms with Crippen LogP contribution in [-0.4, -0.2) is 33.6 Å². The molecule has 0 fully saturated rings. The molecule has 0 amide bonds. The Balaban J connectivity index is 0.00000182. The van der Waals surface area contributed by atoms with Crippen molar-refractivity contribution in [3.05, 3.63) is 47.0 Å². The van der Waals surface area contributed by atoms with E-state index in [1.165, 1.54) is 11.1 Å². The summed E-state index contributed by atoms with van der Waals surface area (Å²) in [5, 5.41) is 20.5. The average Bonchev–Trinajstić information content (AvgIpc) is 2.60. The molecule has 3 nitrogen and oxygen atoms in total. The minimum atomic E-state index is -0.0516. The van der Waals surface area contributed by atoms with Gasteiger partial charge in [0, 0.05) is 30.1 Å². The number of phenolic OH excluding ortho intramolecular Hbond substituents is 2. The number of phenols is 2. The molecule has 1 aliphatic heterocycles. The number of benzene rings is 2. The molecule has 0 saturated heterocycles. The number of alkyl halides is 1. The van der Waals surface area contributed by atoms with Gasteiger partial charge in [0.1, 0.15) is 0 Å². The molecular formula is C20H23Cl2NO2. The summed E-state index contributed by atoms with van der Waals surface area (Å²) in [7, 11) is 0. The van der Waals surface area contributed by atoms with Crippen molar-refractivity contribution in [1.29, 1.82) is 0 Å². The van der Waals surface area contributed by atoms with Gasteiger partial charge in [-0.15, -0.1) is 24.0 Å². The van der Waals surface area contributed by atoms with Gasteiger partial charge in [-0.05, 0) is 47.6 Å². The molecule has 2 N–H and O–H groups in total. The lowest BCUT2D eigenvalue weighted by atomic mass is 9.76. The molecule has 2 aromatic rings. The normalized spacial score (nSPS) is 19.5. The number of fused-ring (bicyclic) bond motifs is 2. The van der Waals surface area contributed by atoms with Gasteiger partial charge in [0.15, 0.2) is 11.5 Å². The monoisotopic (exact) mass is 379 g/mol. The lowest BCUT2D eigenvalue weighted by Crippen LogP contribution is -2.41. The van der Waals surface area contributed by atoms with Gasteiger partial charge in [-0.1, -0.05) is 31.2 Å². The molecule has 0 radical (unpaired) electrons. The van der Waals surface area contributed by atoms with Crippen LogP contribution in [0.1, 0.15) is 36.1 Å². The highest BCUT2D eigenvalue weighted by Gasteiger charge is 2.36. The van der Waals surface area contributed by atoms with E-state index in [1.54, 1.807) is 6.07 Å². The van der Waals surface area contributed by atoms with E-state index >= 15 is 0 Å². The Hall–Kier alpha value is -1.42. The predicted molar refractivity (Wildman–Crippen MR) is 104 cm³/mol. The van der Waals surface area contributed by atoms with Crippen LogP contribution in [-0.2, 0) is 12.8 Å². The molecule has 1 unspecified atom stereocenters. The molecule has 1 heterocycles. The molecule has 2 aliphatic rings. The lowest BCUT2D eigenvalue weighted by Gasteiger charge is -2.42. The first-order chi connectivity index (χ1) is 11.6. The van der Waals surface area contributed by atoms with Crippen molar-refractivity contribution < 1.29 is 10.2 Å². The standard InChI is InChI=1S/C20H22ClNO2.ClH/c1-2-14(21)11-22-9-8-12-4-3-5-15-18(12)16(22)10-13-6-7-17(23)20(24)19(13)15;/h3-7,14,16,23-24H,2,8-11H2,1H3;1H/t14?,16-;/m1./s1. The average molecular weight is 380 g/mol. The van der Waals surface area contributed by atoms with Crippen LogP contribution in [0, 0.1) is 0 Å². The van der Waals surface area contributed by atoms with E-state index in [9.17, 15) is 10.2 Å². The second-order valence-corrected chi connectivity index (χ2v) is 7.43. The number of aromatic hydroxyl groups is 2. The first-order valence-electron chi connectivity index (χ1n) is 8.64. The van der Waals surface area contributed by atoms with Crippen LogP contribution < -0.4 is 0 Å². The maximum absolute atomic E-state index is 10.4. The highest BCUT2D eigenvalue weighted by molar-refractivity contribution is 6.20. The second kappa shape index (κ2) is 7.06. The summed E-state index contributed by atoms with van der Waals surface area (Å²) in [4.78, 5) is 2.49. The van der Waals surface area contributed by atoms with E-state index in [-0.39, 0.29) is 29.3 Å². The zero-order chi connectivity index (χ0) is 16.8. The Labute approximate surface area is 159 Å². The van der Waals surface area contributed by atoms with Crippen molar-refractivity contribution in [2.75, 3.05) is 13.1 Å². The summed E-state index contributed by atoms with van der Waals surface area (Å²) in [5.74, 6) is -0.0514. The van der Waals surface area contributed by atoms with E-state index in [2.05, 4.69) is 30.0 Å². The Bertz CT molecular complexity index is 794. The van der Waals surface area contributed by atoms with Gasteiger partial charge in [0.25, 0.3) is 0 Å². The summed E-state index contributed by atoms with van der Waals surface area (Å²) < 4.78 is 0. The van der Waals surface area contributed by atoms with Crippen molar-refractivity contribution in [1.82, 2.24) is 4.90 Å². The quantitative estimate of drug-likeness (QED) is 0.601. The summed E-state index contributed by atoms with van der Waals surface area (Å²) in [6.45, 7) is 4.03. The van der Waals surface area contributed by atoms with Gasteiger partial charge in [-0.2, -0.15) is 0 Å². The molecule has 134 valence electrons. The van der Waals surface area contributed by atoms with Crippen molar-refractivity contribution in [2.24, 2.45) is 0 Å². The van der Waals surface area contributed by atoms with E-state index in [4.69, 9.17) is 11.6 Å². The third kappa shape index (κ3) is 2.99. The van der Waals surface area contributed by atoms with Crippen LogP contribution in [0.4, 0.5) is 0 Å². The second-order valence-electron chi connectivity index (χ2n) is 6.82. The Morgan fingerprint density at radius 2 is 2.00 bits per heavy atom. The molecule has 1 aliphatic carbocycles. The van der Waals surface area contributed by atoms with Crippen LogP contribution in [0.3, 0.4) is 0 Å². The van der Waals surface area contributed by atoms with Gasteiger partial charge in [0.05, 0.1) is 0 Å². The maximum Gasteiger partial charge on any atom is 0.165 e. The molecule has 25 heavy (non-hydrogen) atoms. The van der Waals surface area contributed by atoms with E-state index < -0.39 is 0 Å². The summed E-state index contributed by atoms with van der Waals surface area (Å²) >= 11 is 6.44. The molecule has 2 atom stereocenters. The molecule has 5 heteroatoms. The van der Waals surface area contributed by atoms with E-state index in [1.807, 2.05) is 6.07 Å². The molecule has 0 spiro atoms. The first-order valence-corrected chi connectivity index (χ1v) is 9.07. The van der Waals surface area contributed by atoms with Crippen LogP contribution in [0.15, 0.2) is 30.3 Å². The number of hydrogen-bond donors (Lipinski definition) is 2. The SMILES string of the molecule is CCC(Cl)CN1CCc2cccc3c2[C@H]1Cc1ccc(O)c(O)c1-3.Cl. The minimum Gasteiger partial charge on any atom is -0.504 e. The van der Waals surface area contributed by atoms with Crippen molar-refractivity contribution >= 4 is 24.0 Å². The van der Waals surface area contributed by atoms with E-state index in [0.717, 1.165) is 49.0 Å². The minimum absolute atomic E-state index is 0. The van der Waals surface area contributed by atoms with Crippen LogP contribution >= 0.6 is 24.0 Å². The first kappa shape index (κ1) is 18.4. The maximum atomic E-state index is 10.4. The molecule has 4 rings (SSSR count). The molecule has 0 bridgehead atoms. The fourth-order valence-corrected chi connectivity index (χ4v) is 4.36. The van der Waals surface area contributed by atoms with Crippen molar-refractivity contribution in [2.45, 2.75) is 37.6 Å². The van der Waals surface area contributed by atoms with Crippen LogP contribution in [0.5, 0.6) is 11.5 Å². The van der Waals surface area contributed by atoms with Crippen LogP contribution in [0.25, 0.3) is 11.1 Å². The third-order valence-corrected chi connectivity index (χ3v) is 5.89. The number of halogens is 2. The highest BCUT2D eigenvalue weighted by Crippen LogP contribution is 2.50. The topological polar surface area (TPSA) is 43.7 Å².